The first-order valence-corrected chi connectivity index (χ1v) is 7.95. The molecule has 6 nitrogen and oxygen atoms in total. The van der Waals surface area contributed by atoms with Crippen molar-refractivity contribution in [2.45, 2.75) is 32.1 Å². The number of aromatic amines is 1. The van der Waals surface area contributed by atoms with Crippen LogP contribution in [0.5, 0.6) is 0 Å². The van der Waals surface area contributed by atoms with Gasteiger partial charge in [-0.05, 0) is 37.3 Å². The molecule has 0 aromatic carbocycles. The van der Waals surface area contributed by atoms with Crippen LogP contribution in [-0.2, 0) is 17.6 Å². The van der Waals surface area contributed by atoms with Gasteiger partial charge >= 0.3 is 0 Å². The molecule has 0 saturated carbocycles. The first-order valence-electron chi connectivity index (χ1n) is 7.95. The van der Waals surface area contributed by atoms with Crippen LogP contribution in [0, 0.1) is 0 Å². The first-order chi connectivity index (χ1) is 10.7. The molecule has 1 aliphatic rings. The molecule has 0 aliphatic heterocycles. The van der Waals surface area contributed by atoms with Crippen molar-refractivity contribution < 1.29 is 9.53 Å². The number of rotatable bonds is 7. The fourth-order valence-electron chi connectivity index (χ4n) is 2.68. The molecule has 1 aliphatic carbocycles. The van der Waals surface area contributed by atoms with E-state index in [4.69, 9.17) is 4.74 Å². The average molecular weight is 344 g/mol. The molecule has 0 unspecified atom stereocenters. The number of amides is 1. The van der Waals surface area contributed by atoms with E-state index in [-0.39, 0.29) is 29.4 Å². The van der Waals surface area contributed by atoms with E-state index in [1.807, 2.05) is 0 Å². The Labute approximate surface area is 142 Å². The van der Waals surface area contributed by atoms with Gasteiger partial charge in [-0.15, -0.1) is 12.4 Å². The summed E-state index contributed by atoms with van der Waals surface area (Å²) in [5.41, 5.74) is 2.05. The number of carbonyl (C=O) groups is 1. The maximum absolute atomic E-state index is 12.1. The maximum atomic E-state index is 12.1. The zero-order valence-electron chi connectivity index (χ0n) is 13.6. The molecular formula is C16H26ClN3O3. The highest BCUT2D eigenvalue weighted by atomic mass is 35.5. The molecule has 1 aromatic rings. The van der Waals surface area contributed by atoms with Gasteiger partial charge in [0.05, 0.1) is 6.61 Å². The highest BCUT2D eigenvalue weighted by Gasteiger charge is 2.15. The van der Waals surface area contributed by atoms with Crippen LogP contribution < -0.4 is 16.2 Å². The molecule has 7 heteroatoms. The van der Waals surface area contributed by atoms with Crippen LogP contribution in [0.15, 0.2) is 10.9 Å². The van der Waals surface area contributed by atoms with Gasteiger partial charge in [0.1, 0.15) is 5.56 Å². The second-order valence-corrected chi connectivity index (χ2v) is 5.58. The molecule has 0 atom stereocenters. The number of methoxy groups -OCH3 is 1. The van der Waals surface area contributed by atoms with Crippen molar-refractivity contribution in [1.29, 1.82) is 0 Å². The molecule has 0 saturated heterocycles. The summed E-state index contributed by atoms with van der Waals surface area (Å²) in [5.74, 6) is -0.304. The Kier molecular flexibility index (Phi) is 8.91. The lowest BCUT2D eigenvalue weighted by atomic mass is 10.1. The number of carbonyl (C=O) groups excluding carboxylic acids is 1. The Morgan fingerprint density at radius 1 is 1.22 bits per heavy atom. The van der Waals surface area contributed by atoms with Crippen LogP contribution >= 0.6 is 12.4 Å². The average Bonchev–Trinajstić information content (AvgIpc) is 2.74. The number of ether oxygens (including phenoxy) is 1. The summed E-state index contributed by atoms with van der Waals surface area (Å²) in [6.45, 7) is 2.52. The fourth-order valence-corrected chi connectivity index (χ4v) is 2.68. The zero-order chi connectivity index (χ0) is 15.8. The zero-order valence-corrected chi connectivity index (χ0v) is 14.4. The van der Waals surface area contributed by atoms with Crippen LogP contribution in [0.4, 0.5) is 0 Å². The van der Waals surface area contributed by atoms with Gasteiger partial charge in [-0.25, -0.2) is 0 Å². The van der Waals surface area contributed by atoms with Crippen LogP contribution in [0.1, 0.15) is 40.9 Å². The lowest BCUT2D eigenvalue weighted by Crippen LogP contribution is -2.35. The number of nitrogens with one attached hydrogen (secondary N) is 3. The van der Waals surface area contributed by atoms with Gasteiger partial charge in [0.25, 0.3) is 11.5 Å². The molecule has 2 rings (SSSR count). The molecule has 23 heavy (non-hydrogen) atoms. The van der Waals surface area contributed by atoms with Crippen LogP contribution in [0.3, 0.4) is 0 Å². The molecule has 0 spiro atoms. The van der Waals surface area contributed by atoms with E-state index in [1.165, 1.54) is 6.42 Å². The van der Waals surface area contributed by atoms with Crippen molar-refractivity contribution in [3.8, 4) is 0 Å². The maximum Gasteiger partial charge on any atom is 0.261 e. The largest absolute Gasteiger partial charge is 0.383 e. The van der Waals surface area contributed by atoms with Crippen molar-refractivity contribution in [3.05, 3.63) is 33.2 Å². The second-order valence-electron chi connectivity index (χ2n) is 5.58. The fraction of sp³-hybridized carbons (Fsp3) is 0.625. The summed E-state index contributed by atoms with van der Waals surface area (Å²) in [5, 5.41) is 5.92. The van der Waals surface area contributed by atoms with Gasteiger partial charge in [0.15, 0.2) is 0 Å². The van der Waals surface area contributed by atoms with Gasteiger partial charge in [0, 0.05) is 32.4 Å². The van der Waals surface area contributed by atoms with E-state index in [1.54, 1.807) is 13.2 Å². The van der Waals surface area contributed by atoms with Crippen molar-refractivity contribution in [2.75, 3.05) is 33.4 Å². The molecule has 0 radical (unpaired) electrons. The Bertz CT molecular complexity index is 560. The Morgan fingerprint density at radius 3 is 2.78 bits per heavy atom. The number of aromatic nitrogens is 1. The van der Waals surface area contributed by atoms with Crippen molar-refractivity contribution in [1.82, 2.24) is 15.6 Å². The minimum atomic E-state index is -0.304. The van der Waals surface area contributed by atoms with E-state index in [2.05, 4.69) is 15.6 Å². The third-order valence-corrected chi connectivity index (χ3v) is 3.90. The summed E-state index contributed by atoms with van der Waals surface area (Å²) in [6, 6.07) is 1.77. The third kappa shape index (κ3) is 5.97. The van der Waals surface area contributed by atoms with Crippen LogP contribution in [0.2, 0.25) is 0 Å². The summed E-state index contributed by atoms with van der Waals surface area (Å²) in [6.07, 6.45) is 5.22. The lowest BCUT2D eigenvalue weighted by molar-refractivity contribution is 0.0952. The molecule has 1 amide bonds. The Hall–Kier alpha value is -1.37. The van der Waals surface area contributed by atoms with Crippen molar-refractivity contribution >= 4 is 18.3 Å². The topological polar surface area (TPSA) is 83.2 Å². The highest BCUT2D eigenvalue weighted by molar-refractivity contribution is 5.94. The molecule has 1 heterocycles. The number of fused-ring (bicyclic) bond motifs is 1. The minimum Gasteiger partial charge on any atom is -0.383 e. The van der Waals surface area contributed by atoms with Gasteiger partial charge < -0.3 is 20.4 Å². The summed E-state index contributed by atoms with van der Waals surface area (Å²) in [4.78, 5) is 27.1. The van der Waals surface area contributed by atoms with E-state index in [0.717, 1.165) is 43.5 Å². The van der Waals surface area contributed by atoms with E-state index >= 15 is 0 Å². The van der Waals surface area contributed by atoms with Crippen LogP contribution in [-0.4, -0.2) is 44.2 Å². The number of aryl methyl sites for hydroxylation is 2. The van der Waals surface area contributed by atoms with Crippen LogP contribution in [0.25, 0.3) is 0 Å². The molecule has 3 N–H and O–H groups in total. The SMILES string of the molecule is COCCNCCNC(=O)c1cc2c([nH]c1=O)CCCCC2.Cl. The number of halogens is 1. The van der Waals surface area contributed by atoms with Gasteiger partial charge in [-0.1, -0.05) is 6.42 Å². The van der Waals surface area contributed by atoms with Crippen molar-refractivity contribution in [2.24, 2.45) is 0 Å². The van der Waals surface area contributed by atoms with E-state index < -0.39 is 0 Å². The van der Waals surface area contributed by atoms with E-state index in [9.17, 15) is 9.59 Å². The summed E-state index contributed by atoms with van der Waals surface area (Å²) >= 11 is 0. The number of pyridine rings is 1. The quantitative estimate of drug-likeness (QED) is 0.510. The lowest BCUT2D eigenvalue weighted by Gasteiger charge is -2.09. The summed E-state index contributed by atoms with van der Waals surface area (Å²) < 4.78 is 4.92. The first kappa shape index (κ1) is 19.7. The Balaban J connectivity index is 0.00000264. The predicted molar refractivity (Wildman–Crippen MR) is 92.6 cm³/mol. The van der Waals surface area contributed by atoms with Gasteiger partial charge in [0.2, 0.25) is 0 Å². The van der Waals surface area contributed by atoms with Crippen molar-refractivity contribution in [3.63, 3.8) is 0 Å². The normalized spacial score (nSPS) is 13.6. The monoisotopic (exact) mass is 343 g/mol. The van der Waals surface area contributed by atoms with Gasteiger partial charge in [-0.3, -0.25) is 9.59 Å². The minimum absolute atomic E-state index is 0. The third-order valence-electron chi connectivity index (χ3n) is 3.90. The molecule has 0 fully saturated rings. The number of hydrogen-bond donors (Lipinski definition) is 3. The Morgan fingerprint density at radius 2 is 2.00 bits per heavy atom. The van der Waals surface area contributed by atoms with Gasteiger partial charge in [-0.2, -0.15) is 0 Å². The molecular weight excluding hydrogens is 318 g/mol. The second kappa shape index (κ2) is 10.4. The number of hydrogen-bond acceptors (Lipinski definition) is 4. The highest BCUT2D eigenvalue weighted by Crippen LogP contribution is 2.18. The van der Waals surface area contributed by atoms with E-state index in [0.29, 0.717) is 19.7 Å². The molecule has 0 bridgehead atoms. The number of H-pyrrole nitrogens is 1. The molecule has 1 aromatic heterocycles. The predicted octanol–water partition coefficient (Wildman–Crippen LogP) is 1.03. The summed E-state index contributed by atoms with van der Waals surface area (Å²) in [7, 11) is 1.65. The molecule has 130 valence electrons. The standard InChI is InChI=1S/C16H25N3O3.ClH/c1-22-10-9-17-7-8-18-15(20)13-11-12-5-3-2-4-6-14(12)19-16(13)21;/h11,17H,2-10H2,1H3,(H,18,20)(H,19,21);1H. The smallest absolute Gasteiger partial charge is 0.261 e.